The molecule has 0 aliphatic carbocycles. The number of carbonyl (C=O) groups is 3. The van der Waals surface area contributed by atoms with E-state index in [2.05, 4.69) is 53.1 Å². The molecule has 3 amide bonds. The Labute approximate surface area is 313 Å². The number of carboxylic acids is 1. The Hall–Kier alpha value is -5.28. The lowest BCUT2D eigenvalue weighted by atomic mass is 9.85. The normalized spacial score (nSPS) is 21.0. The van der Waals surface area contributed by atoms with Crippen LogP contribution in [0.15, 0.2) is 48.2 Å². The number of aryl methyl sites for hydroxylation is 1. The highest BCUT2D eigenvalue weighted by Crippen LogP contribution is 2.35. The van der Waals surface area contributed by atoms with Gasteiger partial charge in [-0.05, 0) is 105 Å². The molecule has 284 valence electrons. The minimum absolute atomic E-state index is 0.0693. The van der Waals surface area contributed by atoms with Gasteiger partial charge in [0.25, 0.3) is 5.82 Å². The van der Waals surface area contributed by atoms with Crippen molar-refractivity contribution >= 4 is 40.6 Å². The molecule has 0 saturated carbocycles. The summed E-state index contributed by atoms with van der Waals surface area (Å²) >= 11 is 0. The number of anilines is 1. The van der Waals surface area contributed by atoms with E-state index in [9.17, 15) is 24.6 Å². The lowest BCUT2D eigenvalue weighted by Gasteiger charge is -2.42. The van der Waals surface area contributed by atoms with Crippen molar-refractivity contribution in [3.63, 3.8) is 0 Å². The molecule has 0 spiro atoms. The van der Waals surface area contributed by atoms with Crippen molar-refractivity contribution < 1.29 is 24.6 Å². The molecule has 6 N–H and O–H groups in total. The third kappa shape index (κ3) is 7.42. The van der Waals surface area contributed by atoms with E-state index in [1.54, 1.807) is 11.1 Å². The van der Waals surface area contributed by atoms with E-state index in [-0.39, 0.29) is 29.6 Å². The van der Waals surface area contributed by atoms with Crippen molar-refractivity contribution in [3.8, 4) is 0 Å². The average Bonchev–Trinajstić information content (AvgIpc) is 3.89. The third-order valence-corrected chi connectivity index (χ3v) is 11.9. The van der Waals surface area contributed by atoms with E-state index in [4.69, 9.17) is 0 Å². The fourth-order valence-electron chi connectivity index (χ4n) is 8.87. The predicted octanol–water partition coefficient (Wildman–Crippen LogP) is 3.72. The molecule has 4 aliphatic rings. The number of aliphatic hydroxyl groups excluding tert-OH is 1. The Morgan fingerprint density at radius 2 is 1.65 bits per heavy atom. The molecular weight excluding hydrogens is 688 g/mol. The van der Waals surface area contributed by atoms with E-state index in [1.807, 2.05) is 42.2 Å². The van der Waals surface area contributed by atoms with Crippen LogP contribution in [-0.2, 0) is 11.2 Å². The van der Waals surface area contributed by atoms with Crippen LogP contribution in [0.1, 0.15) is 77.6 Å². The number of rotatable bonds is 8. The van der Waals surface area contributed by atoms with Gasteiger partial charge in [-0.3, -0.25) is 15.0 Å². The number of urea groups is 1. The summed E-state index contributed by atoms with van der Waals surface area (Å²) < 4.78 is 0. The van der Waals surface area contributed by atoms with Gasteiger partial charge in [-0.2, -0.15) is 5.10 Å². The highest BCUT2D eigenvalue weighted by atomic mass is 16.4. The number of likely N-dealkylation sites (tertiary alicyclic amines) is 3. The number of aromatic amines is 2. The molecule has 6 heterocycles. The number of aromatic nitrogens is 5. The number of H-pyrrole nitrogens is 2. The molecular formula is C39H48N10O5. The average molecular weight is 737 g/mol. The van der Waals surface area contributed by atoms with Crippen molar-refractivity contribution in [3.05, 3.63) is 76.5 Å². The minimum atomic E-state index is -1.13. The number of benzene rings is 2. The molecule has 3 fully saturated rings. The molecule has 3 saturated heterocycles. The van der Waals surface area contributed by atoms with Crippen molar-refractivity contribution in [1.29, 1.82) is 0 Å². The summed E-state index contributed by atoms with van der Waals surface area (Å²) in [4.78, 5) is 49.8. The molecule has 2 unspecified atom stereocenters. The number of aliphatic hydroxyl groups is 1. The van der Waals surface area contributed by atoms with Crippen LogP contribution in [0.5, 0.6) is 0 Å². The monoisotopic (exact) mass is 736 g/mol. The maximum absolute atomic E-state index is 14.3. The van der Waals surface area contributed by atoms with Crippen molar-refractivity contribution in [2.24, 2.45) is 5.92 Å². The van der Waals surface area contributed by atoms with Gasteiger partial charge < -0.3 is 35.5 Å². The first-order chi connectivity index (χ1) is 26.2. The largest absolute Gasteiger partial charge is 0.475 e. The molecule has 0 radical (unpaired) electrons. The highest BCUT2D eigenvalue weighted by molar-refractivity contribution is 5.88. The van der Waals surface area contributed by atoms with Crippen LogP contribution < -0.4 is 10.6 Å². The van der Waals surface area contributed by atoms with Crippen LogP contribution in [0.25, 0.3) is 17.0 Å². The van der Waals surface area contributed by atoms with Crippen LogP contribution in [0.4, 0.5) is 10.5 Å². The van der Waals surface area contributed by atoms with Gasteiger partial charge in [-0.15, -0.1) is 5.10 Å². The van der Waals surface area contributed by atoms with Gasteiger partial charge in [0.05, 0.1) is 11.7 Å². The number of para-hydroxylation sites is 1. The number of carboxylic acid groups (broad SMARTS) is 1. The van der Waals surface area contributed by atoms with E-state index in [0.717, 1.165) is 90.5 Å². The van der Waals surface area contributed by atoms with Crippen LogP contribution in [-0.4, -0.2) is 126 Å². The summed E-state index contributed by atoms with van der Waals surface area (Å²) in [7, 11) is 0. The SMILES string of the molecule is Cc1cc(CC(NC(=O)N2CCC(C3=Cc4ccccc4NC3O)CC2)C(=O)N2CCC(N3CCC(c4nc(C(=O)O)n[nH]4)CC3)CC2)cc2cn[nH]c12. The van der Waals surface area contributed by atoms with Gasteiger partial charge >= 0.3 is 12.0 Å². The summed E-state index contributed by atoms with van der Waals surface area (Å²) in [6.07, 6.45) is 8.33. The second-order valence-electron chi connectivity index (χ2n) is 15.2. The Morgan fingerprint density at radius 1 is 0.926 bits per heavy atom. The molecule has 4 aromatic rings. The third-order valence-electron chi connectivity index (χ3n) is 11.9. The molecule has 15 heteroatoms. The summed E-state index contributed by atoms with van der Waals surface area (Å²) in [6, 6.07) is 11.4. The summed E-state index contributed by atoms with van der Waals surface area (Å²) in [5.41, 5.74) is 5.87. The second-order valence-corrected chi connectivity index (χ2v) is 15.2. The Balaban J connectivity index is 0.899. The zero-order valence-corrected chi connectivity index (χ0v) is 30.5. The van der Waals surface area contributed by atoms with E-state index < -0.39 is 18.2 Å². The molecule has 2 aromatic carbocycles. The lowest BCUT2D eigenvalue weighted by Crippen LogP contribution is -2.56. The minimum Gasteiger partial charge on any atom is -0.475 e. The first-order valence-corrected chi connectivity index (χ1v) is 19.1. The van der Waals surface area contributed by atoms with Crippen LogP contribution in [0, 0.1) is 12.8 Å². The highest BCUT2D eigenvalue weighted by Gasteiger charge is 2.36. The molecule has 2 atom stereocenters. The fourth-order valence-corrected chi connectivity index (χ4v) is 8.87. The second kappa shape index (κ2) is 15.2. The number of nitrogens with zero attached hydrogens (tertiary/aromatic N) is 6. The number of aromatic carboxylic acids is 1. The van der Waals surface area contributed by atoms with Gasteiger partial charge in [0, 0.05) is 55.6 Å². The summed E-state index contributed by atoms with van der Waals surface area (Å²) in [5.74, 6) is -0.471. The number of fused-ring (bicyclic) bond motifs is 2. The molecule has 54 heavy (non-hydrogen) atoms. The number of carbonyl (C=O) groups excluding carboxylic acids is 2. The van der Waals surface area contributed by atoms with Crippen LogP contribution in [0.3, 0.4) is 0 Å². The number of hydrogen-bond donors (Lipinski definition) is 6. The predicted molar refractivity (Wildman–Crippen MR) is 202 cm³/mol. The maximum Gasteiger partial charge on any atom is 0.375 e. The van der Waals surface area contributed by atoms with Crippen LogP contribution in [0.2, 0.25) is 0 Å². The van der Waals surface area contributed by atoms with Gasteiger partial charge in [-0.25, -0.2) is 14.6 Å². The first kappa shape index (κ1) is 35.7. The Kier molecular flexibility index (Phi) is 10.1. The van der Waals surface area contributed by atoms with Gasteiger partial charge in [0.15, 0.2) is 0 Å². The zero-order valence-electron chi connectivity index (χ0n) is 30.5. The number of amides is 3. The lowest BCUT2D eigenvalue weighted by molar-refractivity contribution is -0.135. The first-order valence-electron chi connectivity index (χ1n) is 19.1. The van der Waals surface area contributed by atoms with E-state index in [1.165, 1.54) is 0 Å². The Bertz CT molecular complexity index is 2040. The molecule has 8 rings (SSSR count). The smallest absolute Gasteiger partial charge is 0.375 e. The maximum atomic E-state index is 14.3. The van der Waals surface area contributed by atoms with E-state index >= 15 is 0 Å². The quantitative estimate of drug-likeness (QED) is 0.155. The standard InChI is InChI=1S/C39H48N10O5/c1-23-18-24(19-28-22-40-44-33(23)28)20-32(42-39(54)49-14-6-25(7-15-49)30-21-27-4-2-3-5-31(27)41-36(30)50)37(51)48-16-10-29(11-17-48)47-12-8-26(9-13-47)34-43-35(38(52)53)46-45-34/h2-5,18-19,21-22,25-26,29,32,36,41,50H,6-17,20H2,1H3,(H,40,44)(H,42,54)(H,52,53)(H,43,45,46). The van der Waals surface area contributed by atoms with E-state index in [0.29, 0.717) is 44.5 Å². The van der Waals surface area contributed by atoms with Crippen molar-refractivity contribution in [2.75, 3.05) is 44.6 Å². The topological polar surface area (TPSA) is 196 Å². The molecule has 4 aliphatic heterocycles. The van der Waals surface area contributed by atoms with Crippen molar-refractivity contribution in [2.45, 2.75) is 76.1 Å². The summed E-state index contributed by atoms with van der Waals surface area (Å²) in [5, 5.41) is 41.2. The number of nitrogens with one attached hydrogen (secondary N) is 4. The summed E-state index contributed by atoms with van der Waals surface area (Å²) in [6.45, 7) is 6.04. The zero-order chi connectivity index (χ0) is 37.3. The fraction of sp³-hybridized carbons (Fsp3) is 0.487. The van der Waals surface area contributed by atoms with Crippen LogP contribution >= 0.6 is 0 Å². The van der Waals surface area contributed by atoms with Gasteiger partial charge in [-0.1, -0.05) is 24.3 Å². The Morgan fingerprint density at radius 3 is 2.39 bits per heavy atom. The number of piperidine rings is 3. The molecule has 2 aromatic heterocycles. The van der Waals surface area contributed by atoms with Gasteiger partial charge in [0.1, 0.15) is 18.1 Å². The van der Waals surface area contributed by atoms with Crippen molar-refractivity contribution in [1.82, 2.24) is 45.4 Å². The molecule has 0 bridgehead atoms. The van der Waals surface area contributed by atoms with Gasteiger partial charge in [0.2, 0.25) is 5.91 Å². The number of hydrogen-bond acceptors (Lipinski definition) is 9. The molecule has 15 nitrogen and oxygen atoms in total.